The van der Waals surface area contributed by atoms with Gasteiger partial charge in [-0.1, -0.05) is 206 Å². The van der Waals surface area contributed by atoms with Crippen LogP contribution in [0.2, 0.25) is 0 Å². The van der Waals surface area contributed by atoms with Crippen LogP contribution in [-0.4, -0.2) is 70.7 Å². The van der Waals surface area contributed by atoms with E-state index in [4.69, 9.17) is 14.2 Å². The van der Waals surface area contributed by atoms with E-state index in [0.717, 1.165) is 26.1 Å². The zero-order valence-electron chi connectivity index (χ0n) is 34.3. The van der Waals surface area contributed by atoms with E-state index in [1.807, 2.05) is 21.1 Å². The Bertz CT molecular complexity index is 609. The number of carbonyl (C=O) groups excluding carboxylic acids is 1. The van der Waals surface area contributed by atoms with Crippen molar-refractivity contribution in [3.05, 3.63) is 0 Å². The third-order valence-electron chi connectivity index (χ3n) is 9.79. The van der Waals surface area contributed by atoms with Crippen LogP contribution in [0.25, 0.3) is 0 Å². The highest BCUT2D eigenvalue weighted by Gasteiger charge is 2.21. The quantitative estimate of drug-likeness (QED) is 0.0363. The lowest BCUT2D eigenvalue weighted by Gasteiger charge is -2.24. The lowest BCUT2D eigenvalue weighted by atomic mass is 10.0. The van der Waals surface area contributed by atoms with Gasteiger partial charge in [-0.3, -0.25) is 0 Å². The summed E-state index contributed by atoms with van der Waals surface area (Å²) in [4.78, 5) is 12.5. The Labute approximate surface area is 308 Å². The predicted molar refractivity (Wildman–Crippen MR) is 214 cm³/mol. The average Bonchev–Trinajstić information content (AvgIpc) is 3.06. The van der Waals surface area contributed by atoms with Crippen molar-refractivity contribution >= 4 is 5.97 Å². The Kier molecular flexibility index (Phi) is 38.1. The Balaban J connectivity index is 3.78. The molecule has 0 amide bonds. The van der Waals surface area contributed by atoms with Crippen LogP contribution in [0, 0.1) is 0 Å². The van der Waals surface area contributed by atoms with Crippen LogP contribution >= 0.6 is 0 Å². The van der Waals surface area contributed by atoms with Crippen molar-refractivity contribution in [1.29, 1.82) is 0 Å². The first kappa shape index (κ1) is 48.3. The summed E-state index contributed by atoms with van der Waals surface area (Å²) in [5.74, 6) is -0.172. The summed E-state index contributed by atoms with van der Waals surface area (Å²) in [7, 11) is 6.04. The fourth-order valence-corrected chi connectivity index (χ4v) is 6.66. The Morgan fingerprint density at radius 1 is 0.408 bits per heavy atom. The molecule has 0 radical (unpaired) electrons. The number of unbranched alkanes of at least 4 members (excludes halogenated alkanes) is 30. The SMILES string of the molecule is CCCCCCCCCCCCCCCCCCOCC(COCCCCCCCCCCCCCCCCCC)OC(=O)C[N+](C)(C)C. The highest BCUT2D eigenvalue weighted by atomic mass is 16.6. The molecule has 0 aliphatic heterocycles. The van der Waals surface area contributed by atoms with Crippen molar-refractivity contribution in [3.8, 4) is 0 Å². The lowest BCUT2D eigenvalue weighted by Crippen LogP contribution is -2.42. The number of hydrogen-bond acceptors (Lipinski definition) is 4. The Morgan fingerprint density at radius 2 is 0.653 bits per heavy atom. The van der Waals surface area contributed by atoms with Crippen molar-refractivity contribution in [1.82, 2.24) is 0 Å². The second kappa shape index (κ2) is 38.6. The Hall–Kier alpha value is -0.650. The zero-order chi connectivity index (χ0) is 35.9. The number of nitrogens with zero attached hydrogens (tertiary/aromatic N) is 1. The molecular weight excluding hydrogens is 606 g/mol. The molecule has 5 heteroatoms. The van der Waals surface area contributed by atoms with Gasteiger partial charge in [0.05, 0.1) is 34.4 Å². The van der Waals surface area contributed by atoms with Crippen LogP contribution < -0.4 is 0 Å². The van der Waals surface area contributed by atoms with Gasteiger partial charge in [-0.2, -0.15) is 0 Å². The van der Waals surface area contributed by atoms with E-state index in [1.54, 1.807) is 0 Å². The van der Waals surface area contributed by atoms with Crippen LogP contribution in [0.4, 0.5) is 0 Å². The van der Waals surface area contributed by atoms with Crippen molar-refractivity contribution < 1.29 is 23.5 Å². The van der Waals surface area contributed by atoms with E-state index in [0.29, 0.717) is 24.2 Å². The third kappa shape index (κ3) is 41.7. The highest BCUT2D eigenvalue weighted by molar-refractivity contribution is 5.70. The predicted octanol–water partition coefficient (Wildman–Crippen LogP) is 13.2. The van der Waals surface area contributed by atoms with E-state index in [1.165, 1.54) is 193 Å². The number of esters is 1. The minimum absolute atomic E-state index is 0.172. The smallest absolute Gasteiger partial charge is 0.362 e. The maximum absolute atomic E-state index is 12.5. The molecule has 49 heavy (non-hydrogen) atoms. The van der Waals surface area contributed by atoms with Crippen molar-refractivity contribution in [2.75, 3.05) is 54.1 Å². The van der Waals surface area contributed by atoms with Gasteiger partial charge in [0.15, 0.2) is 6.54 Å². The summed E-state index contributed by atoms with van der Waals surface area (Å²) in [6.07, 6.45) is 43.6. The molecule has 0 N–H and O–H groups in total. The molecule has 0 rings (SSSR count). The van der Waals surface area contributed by atoms with Gasteiger partial charge in [0.2, 0.25) is 0 Å². The zero-order valence-corrected chi connectivity index (χ0v) is 34.3. The van der Waals surface area contributed by atoms with Crippen LogP contribution in [0.1, 0.15) is 219 Å². The number of hydrogen-bond donors (Lipinski definition) is 0. The van der Waals surface area contributed by atoms with Gasteiger partial charge in [0.1, 0.15) is 6.10 Å². The number of quaternary nitrogens is 1. The third-order valence-corrected chi connectivity index (χ3v) is 9.79. The Morgan fingerprint density at radius 3 is 0.898 bits per heavy atom. The molecule has 5 nitrogen and oxygen atoms in total. The minimum atomic E-state index is -0.318. The monoisotopic (exact) mass is 697 g/mol. The maximum Gasteiger partial charge on any atom is 0.362 e. The molecule has 0 saturated heterocycles. The number of carbonyl (C=O) groups is 1. The molecule has 0 unspecified atom stereocenters. The second-order valence-corrected chi connectivity index (χ2v) is 16.3. The first-order chi connectivity index (χ1) is 23.9. The molecule has 0 aromatic carbocycles. The molecule has 0 aromatic heterocycles. The van der Waals surface area contributed by atoms with E-state index >= 15 is 0 Å². The summed E-state index contributed by atoms with van der Waals surface area (Å²) in [5.41, 5.74) is 0. The fourth-order valence-electron chi connectivity index (χ4n) is 6.66. The fraction of sp³-hybridized carbons (Fsp3) is 0.977. The average molecular weight is 697 g/mol. The molecule has 0 heterocycles. The van der Waals surface area contributed by atoms with Gasteiger partial charge in [-0.05, 0) is 12.8 Å². The van der Waals surface area contributed by atoms with Gasteiger partial charge in [-0.15, -0.1) is 0 Å². The maximum atomic E-state index is 12.5. The van der Waals surface area contributed by atoms with Gasteiger partial charge < -0.3 is 18.7 Å². The van der Waals surface area contributed by atoms with Crippen molar-refractivity contribution in [2.24, 2.45) is 0 Å². The summed E-state index contributed by atoms with van der Waals surface area (Å²) in [5, 5.41) is 0. The number of rotatable bonds is 41. The first-order valence-electron chi connectivity index (χ1n) is 22.0. The molecule has 0 aliphatic rings. The van der Waals surface area contributed by atoms with Crippen LogP contribution in [0.3, 0.4) is 0 Å². The van der Waals surface area contributed by atoms with Crippen molar-refractivity contribution in [2.45, 2.75) is 225 Å². The summed E-state index contributed by atoms with van der Waals surface area (Å²) >= 11 is 0. The summed E-state index contributed by atoms with van der Waals surface area (Å²) < 4.78 is 18.3. The summed E-state index contributed by atoms with van der Waals surface area (Å²) in [6.45, 7) is 7.28. The van der Waals surface area contributed by atoms with Crippen LogP contribution in [0.5, 0.6) is 0 Å². The van der Waals surface area contributed by atoms with E-state index < -0.39 is 0 Å². The normalized spacial score (nSPS) is 12.0. The molecular formula is C44H90NO4+. The van der Waals surface area contributed by atoms with Gasteiger partial charge >= 0.3 is 5.97 Å². The second-order valence-electron chi connectivity index (χ2n) is 16.3. The lowest BCUT2D eigenvalue weighted by molar-refractivity contribution is -0.862. The molecule has 0 aromatic rings. The van der Waals surface area contributed by atoms with Crippen LogP contribution in [-0.2, 0) is 19.0 Å². The van der Waals surface area contributed by atoms with E-state index in [9.17, 15) is 4.79 Å². The standard InChI is InChI=1S/C44H90NO4/c1-6-8-10-12-14-16-18-20-22-24-26-28-30-32-34-36-38-47-41-43(49-44(46)40-45(3,4)5)42-48-39-37-35-33-31-29-27-25-23-21-19-17-15-13-11-9-7-2/h43H,6-42H2,1-5H3/q+1. The largest absolute Gasteiger partial charge is 0.453 e. The van der Waals surface area contributed by atoms with E-state index in [-0.39, 0.29) is 12.1 Å². The van der Waals surface area contributed by atoms with Crippen LogP contribution in [0.15, 0.2) is 0 Å². The molecule has 294 valence electrons. The molecule has 0 aliphatic carbocycles. The molecule has 0 atom stereocenters. The molecule has 0 saturated carbocycles. The van der Waals surface area contributed by atoms with Gasteiger partial charge in [0, 0.05) is 13.2 Å². The molecule has 0 spiro atoms. The van der Waals surface area contributed by atoms with E-state index in [2.05, 4.69) is 13.8 Å². The first-order valence-corrected chi connectivity index (χ1v) is 22.0. The number of likely N-dealkylation sites (N-methyl/N-ethyl adjacent to an activating group) is 1. The topological polar surface area (TPSA) is 44.8 Å². The molecule has 0 fully saturated rings. The highest BCUT2D eigenvalue weighted by Crippen LogP contribution is 2.15. The van der Waals surface area contributed by atoms with Gasteiger partial charge in [-0.25, -0.2) is 4.79 Å². The summed E-state index contributed by atoms with van der Waals surface area (Å²) in [6, 6.07) is 0. The van der Waals surface area contributed by atoms with Crippen molar-refractivity contribution in [3.63, 3.8) is 0 Å². The number of ether oxygens (including phenoxy) is 3. The van der Waals surface area contributed by atoms with Gasteiger partial charge in [0.25, 0.3) is 0 Å². The minimum Gasteiger partial charge on any atom is -0.453 e. The molecule has 0 bridgehead atoms.